The molecule has 0 saturated heterocycles. The van der Waals surface area contributed by atoms with Gasteiger partial charge >= 0.3 is 12.2 Å². The van der Waals surface area contributed by atoms with Crippen LogP contribution in [-0.2, 0) is 12.6 Å². The second-order valence-electron chi connectivity index (χ2n) is 5.29. The SMILES string of the molecule is CCOc1ccc(NC(=O)NCCc2cccc(C(F)(F)F)c2)cc1. The Morgan fingerprint density at radius 1 is 1.12 bits per heavy atom. The van der Waals surface area contributed by atoms with Crippen molar-refractivity contribution in [2.75, 3.05) is 18.5 Å². The molecule has 0 heterocycles. The van der Waals surface area contributed by atoms with E-state index in [0.29, 0.717) is 30.0 Å². The van der Waals surface area contributed by atoms with Crippen molar-refractivity contribution in [3.63, 3.8) is 0 Å². The Kier molecular flexibility index (Phi) is 6.27. The molecule has 0 aromatic heterocycles. The zero-order valence-electron chi connectivity index (χ0n) is 13.7. The van der Waals surface area contributed by atoms with Crippen LogP contribution in [-0.4, -0.2) is 19.2 Å². The summed E-state index contributed by atoms with van der Waals surface area (Å²) in [6, 6.07) is 11.5. The molecule has 0 spiro atoms. The molecule has 2 aromatic carbocycles. The number of carbonyl (C=O) groups excluding carboxylic acids is 1. The first-order chi connectivity index (χ1) is 11.9. The zero-order chi connectivity index (χ0) is 18.3. The van der Waals surface area contributed by atoms with Crippen LogP contribution in [0, 0.1) is 0 Å². The molecule has 2 rings (SSSR count). The Labute approximate surface area is 144 Å². The van der Waals surface area contributed by atoms with E-state index in [9.17, 15) is 18.0 Å². The molecule has 7 heteroatoms. The van der Waals surface area contributed by atoms with Crippen molar-refractivity contribution < 1.29 is 22.7 Å². The van der Waals surface area contributed by atoms with Crippen LogP contribution in [0.1, 0.15) is 18.1 Å². The van der Waals surface area contributed by atoms with Gasteiger partial charge in [-0.1, -0.05) is 18.2 Å². The highest BCUT2D eigenvalue weighted by atomic mass is 19.4. The molecule has 0 atom stereocenters. The van der Waals surface area contributed by atoms with Gasteiger partial charge in [0.15, 0.2) is 0 Å². The molecule has 0 bridgehead atoms. The fourth-order valence-corrected chi connectivity index (χ4v) is 2.20. The van der Waals surface area contributed by atoms with Crippen LogP contribution in [0.4, 0.5) is 23.7 Å². The maximum absolute atomic E-state index is 12.6. The van der Waals surface area contributed by atoms with Crippen LogP contribution >= 0.6 is 0 Å². The van der Waals surface area contributed by atoms with Gasteiger partial charge in [-0.15, -0.1) is 0 Å². The minimum atomic E-state index is -4.37. The summed E-state index contributed by atoms with van der Waals surface area (Å²) in [6.07, 6.45) is -4.06. The van der Waals surface area contributed by atoms with Gasteiger partial charge in [0.05, 0.1) is 12.2 Å². The summed E-state index contributed by atoms with van der Waals surface area (Å²) in [6.45, 7) is 2.66. The van der Waals surface area contributed by atoms with Gasteiger partial charge in [-0.2, -0.15) is 13.2 Å². The summed E-state index contributed by atoms with van der Waals surface area (Å²) in [7, 11) is 0. The van der Waals surface area contributed by atoms with Crippen LogP contribution in [0.15, 0.2) is 48.5 Å². The average molecular weight is 352 g/mol. The van der Waals surface area contributed by atoms with Crippen molar-refractivity contribution in [3.05, 3.63) is 59.7 Å². The summed E-state index contributed by atoms with van der Waals surface area (Å²) < 4.78 is 43.3. The van der Waals surface area contributed by atoms with E-state index in [4.69, 9.17) is 4.74 Å². The number of hydrogen-bond acceptors (Lipinski definition) is 2. The minimum absolute atomic E-state index is 0.226. The van der Waals surface area contributed by atoms with Gasteiger partial charge < -0.3 is 15.4 Å². The lowest BCUT2D eigenvalue weighted by Gasteiger charge is -2.10. The first kappa shape index (κ1) is 18.6. The lowest BCUT2D eigenvalue weighted by molar-refractivity contribution is -0.137. The van der Waals surface area contributed by atoms with E-state index in [1.165, 1.54) is 6.07 Å². The Morgan fingerprint density at radius 2 is 1.84 bits per heavy atom. The Bertz CT molecular complexity index is 700. The van der Waals surface area contributed by atoms with E-state index in [2.05, 4.69) is 10.6 Å². The van der Waals surface area contributed by atoms with E-state index in [1.54, 1.807) is 30.3 Å². The predicted octanol–water partition coefficient (Wildman–Crippen LogP) is 4.47. The van der Waals surface area contributed by atoms with Gasteiger partial charge in [0.25, 0.3) is 0 Å². The molecule has 0 saturated carbocycles. The molecular formula is C18H19F3N2O2. The number of alkyl halides is 3. The van der Waals surface area contributed by atoms with Gasteiger partial charge in [-0.25, -0.2) is 4.79 Å². The summed E-state index contributed by atoms with van der Waals surface area (Å²) in [5.74, 6) is 0.706. The monoisotopic (exact) mass is 352 g/mol. The van der Waals surface area contributed by atoms with E-state index < -0.39 is 17.8 Å². The van der Waals surface area contributed by atoms with Crippen LogP contribution in [0.5, 0.6) is 5.75 Å². The summed E-state index contributed by atoms with van der Waals surface area (Å²) in [5.41, 5.74) is 0.417. The standard InChI is InChI=1S/C18H19F3N2O2/c1-2-25-16-8-6-15(7-9-16)23-17(24)22-11-10-13-4-3-5-14(12-13)18(19,20)21/h3-9,12H,2,10-11H2,1H3,(H2,22,23,24). The number of nitrogens with one attached hydrogen (secondary N) is 2. The molecule has 0 aliphatic rings. The Balaban J connectivity index is 1.80. The number of amides is 2. The number of ether oxygens (including phenoxy) is 1. The molecule has 134 valence electrons. The molecular weight excluding hydrogens is 333 g/mol. The highest BCUT2D eigenvalue weighted by Gasteiger charge is 2.30. The van der Waals surface area contributed by atoms with Crippen molar-refractivity contribution in [1.82, 2.24) is 5.32 Å². The normalized spacial score (nSPS) is 11.0. The molecule has 0 radical (unpaired) electrons. The number of carbonyl (C=O) groups is 1. The predicted molar refractivity (Wildman–Crippen MR) is 89.8 cm³/mol. The maximum atomic E-state index is 12.6. The topological polar surface area (TPSA) is 50.4 Å². The molecule has 2 amide bonds. The average Bonchev–Trinajstić information content (AvgIpc) is 2.56. The van der Waals surface area contributed by atoms with E-state index in [1.807, 2.05) is 6.92 Å². The molecule has 0 fully saturated rings. The third-order valence-corrected chi connectivity index (χ3v) is 3.38. The highest BCUT2D eigenvalue weighted by molar-refractivity contribution is 5.89. The van der Waals surface area contributed by atoms with Crippen LogP contribution in [0.3, 0.4) is 0 Å². The smallest absolute Gasteiger partial charge is 0.416 e. The lowest BCUT2D eigenvalue weighted by atomic mass is 10.1. The quantitative estimate of drug-likeness (QED) is 0.806. The summed E-state index contributed by atoms with van der Waals surface area (Å²) in [5, 5.41) is 5.26. The number of halogens is 3. The first-order valence-corrected chi connectivity index (χ1v) is 7.82. The summed E-state index contributed by atoms with van der Waals surface area (Å²) in [4.78, 5) is 11.8. The van der Waals surface area contributed by atoms with Crippen molar-refractivity contribution in [2.24, 2.45) is 0 Å². The molecule has 0 aliphatic heterocycles. The molecule has 25 heavy (non-hydrogen) atoms. The second kappa shape index (κ2) is 8.41. The molecule has 2 N–H and O–H groups in total. The highest BCUT2D eigenvalue weighted by Crippen LogP contribution is 2.29. The number of anilines is 1. The number of hydrogen-bond donors (Lipinski definition) is 2. The number of rotatable bonds is 6. The third-order valence-electron chi connectivity index (χ3n) is 3.38. The van der Waals surface area contributed by atoms with Gasteiger partial charge in [0.2, 0.25) is 0 Å². The van der Waals surface area contributed by atoms with E-state index in [-0.39, 0.29) is 6.54 Å². The molecule has 4 nitrogen and oxygen atoms in total. The van der Waals surface area contributed by atoms with Crippen molar-refractivity contribution in [3.8, 4) is 5.75 Å². The second-order valence-corrected chi connectivity index (χ2v) is 5.29. The van der Waals surface area contributed by atoms with Gasteiger partial charge in [-0.3, -0.25) is 0 Å². The fourth-order valence-electron chi connectivity index (χ4n) is 2.20. The largest absolute Gasteiger partial charge is 0.494 e. The van der Waals surface area contributed by atoms with E-state index >= 15 is 0 Å². The first-order valence-electron chi connectivity index (χ1n) is 7.82. The number of urea groups is 1. The third kappa shape index (κ3) is 6.02. The number of benzene rings is 2. The van der Waals surface area contributed by atoms with Crippen LogP contribution < -0.4 is 15.4 Å². The molecule has 2 aromatic rings. The van der Waals surface area contributed by atoms with Crippen LogP contribution in [0.2, 0.25) is 0 Å². The summed E-state index contributed by atoms with van der Waals surface area (Å²) >= 11 is 0. The lowest BCUT2D eigenvalue weighted by Crippen LogP contribution is -2.30. The van der Waals surface area contributed by atoms with Gasteiger partial charge in [0.1, 0.15) is 5.75 Å². The van der Waals surface area contributed by atoms with Crippen molar-refractivity contribution >= 4 is 11.7 Å². The Hall–Kier alpha value is -2.70. The van der Waals surface area contributed by atoms with Crippen molar-refractivity contribution in [2.45, 2.75) is 19.5 Å². The van der Waals surface area contributed by atoms with Crippen molar-refractivity contribution in [1.29, 1.82) is 0 Å². The molecule has 0 aliphatic carbocycles. The van der Waals surface area contributed by atoms with Gasteiger partial charge in [0, 0.05) is 12.2 Å². The molecule has 0 unspecified atom stereocenters. The zero-order valence-corrected chi connectivity index (χ0v) is 13.7. The van der Waals surface area contributed by atoms with E-state index in [0.717, 1.165) is 12.1 Å². The minimum Gasteiger partial charge on any atom is -0.494 e. The van der Waals surface area contributed by atoms with Crippen LogP contribution in [0.25, 0.3) is 0 Å². The maximum Gasteiger partial charge on any atom is 0.416 e. The van der Waals surface area contributed by atoms with Gasteiger partial charge in [-0.05, 0) is 49.2 Å². The fraction of sp³-hybridized carbons (Fsp3) is 0.278. The Morgan fingerprint density at radius 3 is 2.48 bits per heavy atom.